The molecule has 2 nitrogen and oxygen atoms in total. The van der Waals surface area contributed by atoms with E-state index in [-0.39, 0.29) is 12.1 Å². The summed E-state index contributed by atoms with van der Waals surface area (Å²) in [7, 11) is 2.12. The maximum atomic E-state index is 6.23. The van der Waals surface area contributed by atoms with Gasteiger partial charge in [0, 0.05) is 27.6 Å². The molecule has 0 fully saturated rings. The lowest BCUT2D eigenvalue weighted by molar-refractivity contribution is 0.210. The Morgan fingerprint density at radius 2 is 1.67 bits per heavy atom. The van der Waals surface area contributed by atoms with Gasteiger partial charge in [0.15, 0.2) is 0 Å². The fourth-order valence-electron chi connectivity index (χ4n) is 2.61. The Labute approximate surface area is 143 Å². The lowest BCUT2D eigenvalue weighted by Gasteiger charge is -2.32. The van der Waals surface area contributed by atoms with Crippen molar-refractivity contribution in [3.8, 4) is 0 Å². The molecule has 2 rings (SSSR count). The molecule has 0 aliphatic rings. The first kappa shape index (κ1) is 16.7. The number of benzene rings is 2. The quantitative estimate of drug-likeness (QED) is 0.770. The lowest BCUT2D eigenvalue weighted by atomic mass is 9.99. The third-order valence-electron chi connectivity index (χ3n) is 3.56. The Balaban J connectivity index is 2.22. The standard InChI is InChI=1S/C17H20Br2N2/c1-12(20)17(13-7-9-15(18)10-8-13)21(2)11-14-5-3-4-6-16(14)19/h3-10,12,17H,11,20H2,1-2H3. The summed E-state index contributed by atoms with van der Waals surface area (Å²) >= 11 is 7.09. The van der Waals surface area contributed by atoms with Gasteiger partial charge in [-0.3, -0.25) is 4.90 Å². The van der Waals surface area contributed by atoms with Crippen LogP contribution in [0.4, 0.5) is 0 Å². The molecule has 2 aromatic rings. The summed E-state index contributed by atoms with van der Waals surface area (Å²) in [6.07, 6.45) is 0. The van der Waals surface area contributed by atoms with Crippen LogP contribution in [0.2, 0.25) is 0 Å². The fraction of sp³-hybridized carbons (Fsp3) is 0.294. The van der Waals surface area contributed by atoms with Crippen molar-refractivity contribution in [1.82, 2.24) is 4.90 Å². The molecule has 0 amide bonds. The maximum absolute atomic E-state index is 6.23. The van der Waals surface area contributed by atoms with Crippen molar-refractivity contribution >= 4 is 31.9 Å². The Morgan fingerprint density at radius 1 is 1.05 bits per heavy atom. The van der Waals surface area contributed by atoms with Gasteiger partial charge in [0.25, 0.3) is 0 Å². The molecule has 2 N–H and O–H groups in total. The van der Waals surface area contributed by atoms with Gasteiger partial charge in [-0.15, -0.1) is 0 Å². The number of halogens is 2. The van der Waals surface area contributed by atoms with Gasteiger partial charge in [0.2, 0.25) is 0 Å². The van der Waals surface area contributed by atoms with E-state index in [0.717, 1.165) is 15.5 Å². The van der Waals surface area contributed by atoms with Crippen molar-refractivity contribution in [3.05, 3.63) is 68.6 Å². The normalized spacial score (nSPS) is 14.2. The fourth-order valence-corrected chi connectivity index (χ4v) is 3.29. The van der Waals surface area contributed by atoms with Gasteiger partial charge >= 0.3 is 0 Å². The van der Waals surface area contributed by atoms with E-state index in [0.29, 0.717) is 0 Å². The molecule has 2 aromatic carbocycles. The Hall–Kier alpha value is -0.680. The Bertz CT molecular complexity index is 582. The number of hydrogen-bond donors (Lipinski definition) is 1. The van der Waals surface area contributed by atoms with E-state index in [9.17, 15) is 0 Å². The van der Waals surface area contributed by atoms with E-state index in [1.807, 2.05) is 6.07 Å². The van der Waals surface area contributed by atoms with E-state index in [2.05, 4.69) is 93.2 Å². The van der Waals surface area contributed by atoms with Crippen molar-refractivity contribution in [2.24, 2.45) is 5.73 Å². The van der Waals surface area contributed by atoms with Crippen LogP contribution in [0.1, 0.15) is 24.1 Å². The Morgan fingerprint density at radius 3 is 2.24 bits per heavy atom. The van der Waals surface area contributed by atoms with Gasteiger partial charge in [-0.25, -0.2) is 0 Å². The van der Waals surface area contributed by atoms with Crippen LogP contribution in [0.5, 0.6) is 0 Å². The molecule has 112 valence electrons. The predicted octanol–water partition coefficient (Wildman–Crippen LogP) is 4.73. The highest BCUT2D eigenvalue weighted by atomic mass is 79.9. The van der Waals surface area contributed by atoms with Gasteiger partial charge in [0.05, 0.1) is 0 Å². The van der Waals surface area contributed by atoms with Gasteiger partial charge in [-0.2, -0.15) is 0 Å². The topological polar surface area (TPSA) is 29.3 Å². The second-order valence-corrected chi connectivity index (χ2v) is 7.13. The van der Waals surface area contributed by atoms with Crippen molar-refractivity contribution in [2.75, 3.05) is 7.05 Å². The zero-order valence-electron chi connectivity index (χ0n) is 12.3. The van der Waals surface area contributed by atoms with Gasteiger partial charge in [-0.1, -0.05) is 62.2 Å². The van der Waals surface area contributed by atoms with Crippen LogP contribution in [-0.4, -0.2) is 18.0 Å². The lowest BCUT2D eigenvalue weighted by Crippen LogP contribution is -2.37. The van der Waals surface area contributed by atoms with Crippen LogP contribution in [0.25, 0.3) is 0 Å². The number of rotatable bonds is 5. The van der Waals surface area contributed by atoms with E-state index in [1.165, 1.54) is 11.1 Å². The second-order valence-electron chi connectivity index (χ2n) is 5.36. The van der Waals surface area contributed by atoms with Crippen LogP contribution in [0.15, 0.2) is 57.5 Å². The van der Waals surface area contributed by atoms with Gasteiger partial charge < -0.3 is 5.73 Å². The highest BCUT2D eigenvalue weighted by Crippen LogP contribution is 2.27. The number of likely N-dealkylation sites (N-methyl/N-ethyl adjacent to an activating group) is 1. The van der Waals surface area contributed by atoms with Crippen molar-refractivity contribution in [3.63, 3.8) is 0 Å². The summed E-state index contributed by atoms with van der Waals surface area (Å²) in [5.41, 5.74) is 8.74. The highest BCUT2D eigenvalue weighted by Gasteiger charge is 2.21. The van der Waals surface area contributed by atoms with Gasteiger partial charge in [0.1, 0.15) is 0 Å². The molecule has 0 radical (unpaired) electrons. The van der Waals surface area contributed by atoms with Gasteiger partial charge in [-0.05, 0) is 43.3 Å². The van der Waals surface area contributed by atoms with E-state index < -0.39 is 0 Å². The molecule has 0 heterocycles. The van der Waals surface area contributed by atoms with Crippen molar-refractivity contribution < 1.29 is 0 Å². The summed E-state index contributed by atoms with van der Waals surface area (Å²) in [6, 6.07) is 16.9. The monoisotopic (exact) mass is 410 g/mol. The molecular weight excluding hydrogens is 392 g/mol. The van der Waals surface area contributed by atoms with Crippen LogP contribution in [0, 0.1) is 0 Å². The van der Waals surface area contributed by atoms with E-state index in [1.54, 1.807) is 0 Å². The number of hydrogen-bond acceptors (Lipinski definition) is 2. The second kappa shape index (κ2) is 7.54. The predicted molar refractivity (Wildman–Crippen MR) is 96.1 cm³/mol. The summed E-state index contributed by atoms with van der Waals surface area (Å²) in [4.78, 5) is 2.30. The van der Waals surface area contributed by atoms with Crippen LogP contribution in [-0.2, 0) is 6.54 Å². The molecule has 0 aliphatic heterocycles. The molecule has 0 aromatic heterocycles. The SMILES string of the molecule is CC(N)C(c1ccc(Br)cc1)N(C)Cc1ccccc1Br. The average Bonchev–Trinajstić information content (AvgIpc) is 2.43. The molecular formula is C17H20Br2N2. The first-order valence-electron chi connectivity index (χ1n) is 6.93. The van der Waals surface area contributed by atoms with Crippen molar-refractivity contribution in [1.29, 1.82) is 0 Å². The first-order chi connectivity index (χ1) is 9.99. The largest absolute Gasteiger partial charge is 0.326 e. The number of nitrogens with two attached hydrogens (primary N) is 1. The molecule has 2 unspecified atom stereocenters. The van der Waals surface area contributed by atoms with Crippen LogP contribution in [0.3, 0.4) is 0 Å². The minimum atomic E-state index is 0.0543. The Kier molecular flexibility index (Phi) is 5.99. The number of nitrogens with zero attached hydrogens (tertiary/aromatic N) is 1. The molecule has 2 atom stereocenters. The summed E-state index contributed by atoms with van der Waals surface area (Å²) in [5, 5.41) is 0. The molecule has 0 bridgehead atoms. The smallest absolute Gasteiger partial charge is 0.0496 e. The summed E-state index contributed by atoms with van der Waals surface area (Å²) in [5.74, 6) is 0. The van der Waals surface area contributed by atoms with E-state index >= 15 is 0 Å². The molecule has 4 heteroatoms. The van der Waals surface area contributed by atoms with Crippen molar-refractivity contribution in [2.45, 2.75) is 25.6 Å². The van der Waals surface area contributed by atoms with Crippen LogP contribution >= 0.6 is 31.9 Å². The first-order valence-corrected chi connectivity index (χ1v) is 8.52. The summed E-state index contributed by atoms with van der Waals surface area (Å²) < 4.78 is 2.22. The molecule has 21 heavy (non-hydrogen) atoms. The minimum Gasteiger partial charge on any atom is -0.326 e. The summed E-state index contributed by atoms with van der Waals surface area (Å²) in [6.45, 7) is 2.91. The highest BCUT2D eigenvalue weighted by molar-refractivity contribution is 9.10. The third-order valence-corrected chi connectivity index (χ3v) is 4.86. The zero-order valence-corrected chi connectivity index (χ0v) is 15.4. The molecule has 0 saturated heterocycles. The van der Waals surface area contributed by atoms with Crippen LogP contribution < -0.4 is 5.73 Å². The molecule has 0 spiro atoms. The van der Waals surface area contributed by atoms with E-state index in [4.69, 9.17) is 5.73 Å². The maximum Gasteiger partial charge on any atom is 0.0496 e. The zero-order chi connectivity index (χ0) is 15.4. The third kappa shape index (κ3) is 4.39. The minimum absolute atomic E-state index is 0.0543. The molecule has 0 aliphatic carbocycles. The molecule has 0 saturated carbocycles. The average molecular weight is 412 g/mol.